The van der Waals surface area contributed by atoms with Crippen molar-refractivity contribution in [3.05, 3.63) is 42.5 Å². The van der Waals surface area contributed by atoms with Crippen LogP contribution in [-0.4, -0.2) is 44.4 Å². The van der Waals surface area contributed by atoms with E-state index in [9.17, 15) is 14.2 Å². The lowest BCUT2D eigenvalue weighted by molar-refractivity contribution is -0.137. The Bertz CT molecular complexity index is 848. The van der Waals surface area contributed by atoms with Gasteiger partial charge in [0.25, 0.3) is 5.91 Å². The molecular formula is C22H32N2O4S. The van der Waals surface area contributed by atoms with Gasteiger partial charge in [-0.2, -0.15) is 0 Å². The zero-order valence-corrected chi connectivity index (χ0v) is 18.7. The molecule has 2 N–H and O–H groups in total. The third-order valence-corrected chi connectivity index (χ3v) is 6.02. The van der Waals surface area contributed by atoms with Crippen LogP contribution in [0.3, 0.4) is 0 Å². The summed E-state index contributed by atoms with van der Waals surface area (Å²) in [6.07, 6.45) is 0.754. The summed E-state index contributed by atoms with van der Waals surface area (Å²) < 4.78 is 20.9. The molecule has 0 bridgehead atoms. The van der Waals surface area contributed by atoms with Gasteiger partial charge in [-0.3, -0.25) is 10.0 Å². The Morgan fingerprint density at radius 3 is 2.41 bits per heavy atom. The summed E-state index contributed by atoms with van der Waals surface area (Å²) in [7, 11) is -1.59. The molecule has 1 unspecified atom stereocenters. The molecule has 0 radical (unpaired) electrons. The SMILES string of the molecule is CC(C)CCN([C@H](COC(C)(C)C)C(=O)NO)S(=O)c1ccc2ccccc2c1. The van der Waals surface area contributed by atoms with Crippen molar-refractivity contribution in [2.75, 3.05) is 13.2 Å². The van der Waals surface area contributed by atoms with Crippen molar-refractivity contribution >= 4 is 27.7 Å². The molecule has 0 fully saturated rings. The van der Waals surface area contributed by atoms with E-state index in [4.69, 9.17) is 4.74 Å². The van der Waals surface area contributed by atoms with Crippen LogP contribution in [-0.2, 0) is 20.5 Å². The zero-order valence-electron chi connectivity index (χ0n) is 17.8. The number of hydrogen-bond donors (Lipinski definition) is 2. The number of fused-ring (bicyclic) bond motifs is 1. The Balaban J connectivity index is 2.38. The minimum atomic E-state index is -1.59. The number of ether oxygens (including phenoxy) is 1. The van der Waals surface area contributed by atoms with Crippen LogP contribution in [0.1, 0.15) is 41.0 Å². The summed E-state index contributed by atoms with van der Waals surface area (Å²) in [5.74, 6) is -0.264. The number of nitrogens with zero attached hydrogens (tertiary/aromatic N) is 1. The summed E-state index contributed by atoms with van der Waals surface area (Å²) in [6, 6.07) is 12.6. The normalized spacial score (nSPS) is 14.3. The maximum absolute atomic E-state index is 13.5. The van der Waals surface area contributed by atoms with Gasteiger partial charge < -0.3 is 4.74 Å². The number of benzene rings is 2. The molecule has 2 rings (SSSR count). The highest BCUT2D eigenvalue weighted by Gasteiger charge is 2.32. The molecule has 2 atom stereocenters. The summed E-state index contributed by atoms with van der Waals surface area (Å²) in [4.78, 5) is 13.1. The number of rotatable bonds is 9. The molecular weight excluding hydrogens is 388 g/mol. The molecule has 0 aliphatic heterocycles. The van der Waals surface area contributed by atoms with Crippen LogP contribution in [0.25, 0.3) is 10.8 Å². The van der Waals surface area contributed by atoms with Gasteiger partial charge in [0.15, 0.2) is 0 Å². The van der Waals surface area contributed by atoms with Crippen molar-refractivity contribution in [3.63, 3.8) is 0 Å². The molecule has 29 heavy (non-hydrogen) atoms. The van der Waals surface area contributed by atoms with Crippen LogP contribution in [0.2, 0.25) is 0 Å². The Morgan fingerprint density at radius 1 is 1.17 bits per heavy atom. The highest BCUT2D eigenvalue weighted by Crippen LogP contribution is 2.22. The predicted molar refractivity (Wildman–Crippen MR) is 116 cm³/mol. The van der Waals surface area contributed by atoms with Crippen molar-refractivity contribution in [2.24, 2.45) is 5.92 Å². The fraction of sp³-hybridized carbons (Fsp3) is 0.500. The topological polar surface area (TPSA) is 78.9 Å². The minimum absolute atomic E-state index is 0.0211. The summed E-state index contributed by atoms with van der Waals surface area (Å²) in [6.45, 7) is 10.3. The van der Waals surface area contributed by atoms with Gasteiger partial charge in [0.2, 0.25) is 0 Å². The minimum Gasteiger partial charge on any atom is -0.374 e. The van der Waals surface area contributed by atoms with Crippen molar-refractivity contribution in [1.29, 1.82) is 0 Å². The quantitative estimate of drug-likeness (QED) is 0.476. The van der Waals surface area contributed by atoms with E-state index in [1.54, 1.807) is 9.79 Å². The van der Waals surface area contributed by atoms with E-state index in [1.165, 1.54) is 0 Å². The summed E-state index contributed by atoms with van der Waals surface area (Å²) in [5.41, 5.74) is 1.24. The van der Waals surface area contributed by atoms with Crippen LogP contribution in [0, 0.1) is 5.92 Å². The molecule has 0 saturated carbocycles. The molecule has 0 saturated heterocycles. The Morgan fingerprint density at radius 2 is 1.83 bits per heavy atom. The van der Waals surface area contributed by atoms with Gasteiger partial charge in [-0.15, -0.1) is 0 Å². The van der Waals surface area contributed by atoms with E-state index < -0.39 is 28.5 Å². The zero-order chi connectivity index (χ0) is 21.6. The smallest absolute Gasteiger partial charge is 0.264 e. The maximum atomic E-state index is 13.5. The Kier molecular flexibility index (Phi) is 8.34. The van der Waals surface area contributed by atoms with Crippen molar-refractivity contribution in [1.82, 2.24) is 9.79 Å². The molecule has 160 valence electrons. The number of hydroxylamine groups is 1. The Labute approximate surface area is 175 Å². The fourth-order valence-electron chi connectivity index (χ4n) is 2.84. The number of nitrogens with one attached hydrogen (secondary N) is 1. The van der Waals surface area contributed by atoms with E-state index in [0.717, 1.165) is 17.2 Å². The van der Waals surface area contributed by atoms with Crippen molar-refractivity contribution < 1.29 is 18.9 Å². The molecule has 0 heterocycles. The lowest BCUT2D eigenvalue weighted by Gasteiger charge is -2.31. The fourth-order valence-corrected chi connectivity index (χ4v) is 4.19. The van der Waals surface area contributed by atoms with Gasteiger partial charge in [0, 0.05) is 6.54 Å². The molecule has 2 aromatic rings. The van der Waals surface area contributed by atoms with Gasteiger partial charge in [-0.1, -0.05) is 44.2 Å². The third kappa shape index (κ3) is 6.89. The lowest BCUT2D eigenvalue weighted by Crippen LogP contribution is -2.51. The third-order valence-electron chi connectivity index (χ3n) is 4.50. The lowest BCUT2D eigenvalue weighted by atomic mass is 10.1. The monoisotopic (exact) mass is 420 g/mol. The van der Waals surface area contributed by atoms with Crippen LogP contribution in [0.15, 0.2) is 47.4 Å². The first-order valence-corrected chi connectivity index (χ1v) is 11.0. The van der Waals surface area contributed by atoms with E-state index in [0.29, 0.717) is 17.4 Å². The Hall–Kier alpha value is -1.80. The standard InChI is InChI=1S/C22H32N2O4S/c1-16(2)12-13-24(20(21(25)23-26)15-28-22(3,4)5)29(27)19-11-10-17-8-6-7-9-18(17)14-19/h6-11,14,16,20,26H,12-13,15H2,1-5H3,(H,23,25)/t20-,29?/m1/s1. The predicted octanol–water partition coefficient (Wildman–Crippen LogP) is 3.90. The first kappa shape index (κ1) is 23.5. The summed E-state index contributed by atoms with van der Waals surface area (Å²) in [5, 5.41) is 11.3. The van der Waals surface area contributed by atoms with Crippen molar-refractivity contribution in [2.45, 2.75) is 57.6 Å². The summed E-state index contributed by atoms with van der Waals surface area (Å²) >= 11 is 0. The average Bonchev–Trinajstić information content (AvgIpc) is 2.68. The molecule has 2 aromatic carbocycles. The second kappa shape index (κ2) is 10.3. The molecule has 0 aliphatic carbocycles. The van der Waals surface area contributed by atoms with Gasteiger partial charge in [-0.05, 0) is 56.0 Å². The van der Waals surface area contributed by atoms with Crippen LogP contribution < -0.4 is 5.48 Å². The number of hydrogen-bond acceptors (Lipinski definition) is 4. The number of carbonyl (C=O) groups is 1. The van der Waals surface area contributed by atoms with Crippen LogP contribution >= 0.6 is 0 Å². The second-order valence-electron chi connectivity index (χ2n) is 8.50. The van der Waals surface area contributed by atoms with E-state index in [1.807, 2.05) is 63.2 Å². The number of amides is 1. The van der Waals surface area contributed by atoms with E-state index in [2.05, 4.69) is 13.8 Å². The maximum Gasteiger partial charge on any atom is 0.264 e. The molecule has 0 aromatic heterocycles. The van der Waals surface area contributed by atoms with Gasteiger partial charge in [0.05, 0.1) is 17.1 Å². The average molecular weight is 421 g/mol. The van der Waals surface area contributed by atoms with Gasteiger partial charge >= 0.3 is 0 Å². The van der Waals surface area contributed by atoms with Gasteiger partial charge in [-0.25, -0.2) is 14.0 Å². The van der Waals surface area contributed by atoms with E-state index in [-0.39, 0.29) is 6.61 Å². The molecule has 0 aliphatic rings. The molecule has 7 heteroatoms. The number of carbonyl (C=O) groups excluding carboxylic acids is 1. The van der Waals surface area contributed by atoms with Crippen LogP contribution in [0.5, 0.6) is 0 Å². The first-order chi connectivity index (χ1) is 13.6. The van der Waals surface area contributed by atoms with E-state index >= 15 is 0 Å². The van der Waals surface area contributed by atoms with Crippen molar-refractivity contribution in [3.8, 4) is 0 Å². The highest BCUT2D eigenvalue weighted by molar-refractivity contribution is 7.82. The molecule has 1 amide bonds. The second-order valence-corrected chi connectivity index (χ2v) is 9.94. The first-order valence-electron chi connectivity index (χ1n) is 9.87. The van der Waals surface area contributed by atoms with Gasteiger partial charge in [0.1, 0.15) is 17.0 Å². The highest BCUT2D eigenvalue weighted by atomic mass is 32.2. The molecule has 6 nitrogen and oxygen atoms in total. The largest absolute Gasteiger partial charge is 0.374 e. The molecule has 0 spiro atoms. The van der Waals surface area contributed by atoms with Crippen LogP contribution in [0.4, 0.5) is 0 Å².